The summed E-state index contributed by atoms with van der Waals surface area (Å²) in [5.74, 6) is 0.804. The molecule has 3 nitrogen and oxygen atoms in total. The Balaban J connectivity index is 1.96. The van der Waals surface area contributed by atoms with Crippen molar-refractivity contribution in [3.05, 3.63) is 62.6 Å². The number of rotatable bonds is 11. The summed E-state index contributed by atoms with van der Waals surface area (Å²) in [6, 6.07) is 12.5. The summed E-state index contributed by atoms with van der Waals surface area (Å²) in [6.07, 6.45) is 3.81. The minimum Gasteiger partial charge on any atom is -0.492 e. The first-order valence-corrected chi connectivity index (χ1v) is 10.1. The lowest BCUT2D eigenvalue weighted by molar-refractivity contribution is -0.0291. The Labute approximate surface area is 169 Å². The van der Waals surface area contributed by atoms with Gasteiger partial charge in [-0.15, -0.1) is 0 Å². The van der Waals surface area contributed by atoms with E-state index >= 15 is 0 Å². The highest BCUT2D eigenvalue weighted by molar-refractivity contribution is 9.10. The normalized spacial score (nSPS) is 10.9. The Hall–Kier alpha value is -1.07. The molecular weight excluding hydrogens is 416 g/mol. The zero-order valence-electron chi connectivity index (χ0n) is 15.4. The average Bonchev–Trinajstić information content (AvgIpc) is 2.64. The van der Waals surface area contributed by atoms with Crippen LogP contribution in [0.1, 0.15) is 36.5 Å². The molecule has 0 amide bonds. The Morgan fingerprint density at radius 3 is 2.46 bits per heavy atom. The molecule has 0 aliphatic rings. The van der Waals surface area contributed by atoms with Crippen molar-refractivity contribution in [2.24, 2.45) is 0 Å². The van der Waals surface area contributed by atoms with Gasteiger partial charge in [-0.25, -0.2) is 0 Å². The predicted octanol–water partition coefficient (Wildman–Crippen LogP) is 6.04. The second kappa shape index (κ2) is 11.6. The van der Waals surface area contributed by atoms with E-state index in [0.29, 0.717) is 20.0 Å². The molecule has 0 aromatic heterocycles. The predicted molar refractivity (Wildman–Crippen MR) is 110 cm³/mol. The molecule has 0 spiro atoms. The fourth-order valence-electron chi connectivity index (χ4n) is 2.52. The Morgan fingerprint density at radius 1 is 1.04 bits per heavy atom. The van der Waals surface area contributed by atoms with Crippen LogP contribution in [0.4, 0.5) is 0 Å². The van der Waals surface area contributed by atoms with Crippen LogP contribution >= 0.6 is 27.5 Å². The van der Waals surface area contributed by atoms with Crippen LogP contribution in [0.2, 0.25) is 5.02 Å². The van der Waals surface area contributed by atoms with Crippen LogP contribution in [0.5, 0.6) is 5.75 Å². The summed E-state index contributed by atoms with van der Waals surface area (Å²) in [6.45, 7) is 3.85. The number of methoxy groups -OCH3 is 1. The summed E-state index contributed by atoms with van der Waals surface area (Å²) in [4.78, 5) is 0. The Bertz CT molecular complexity index is 674. The molecule has 0 saturated carbocycles. The standard InChI is InChI=1S/C21H26BrClO3/c1-3-4-10-26-21-14-20(23)18(13-19(21)22)12-17-7-5-16(6-8-17)9-11-25-15-24-2/h5-8,13-14H,3-4,9-12,15H2,1-2H3. The summed E-state index contributed by atoms with van der Waals surface area (Å²) < 4.78 is 16.9. The van der Waals surface area contributed by atoms with Crippen molar-refractivity contribution >= 4 is 27.5 Å². The number of hydrogen-bond acceptors (Lipinski definition) is 3. The molecule has 2 aromatic carbocycles. The molecule has 0 aliphatic carbocycles. The van der Waals surface area contributed by atoms with E-state index < -0.39 is 0 Å². The van der Waals surface area contributed by atoms with Crippen LogP contribution in [0.15, 0.2) is 40.9 Å². The molecule has 0 aliphatic heterocycles. The number of hydrogen-bond donors (Lipinski definition) is 0. The topological polar surface area (TPSA) is 27.7 Å². The maximum atomic E-state index is 6.46. The van der Waals surface area contributed by atoms with Gasteiger partial charge < -0.3 is 14.2 Å². The van der Waals surface area contributed by atoms with Gasteiger partial charge in [-0.05, 0) is 57.9 Å². The second-order valence-electron chi connectivity index (χ2n) is 6.13. The lowest BCUT2D eigenvalue weighted by Gasteiger charge is -2.12. The maximum absolute atomic E-state index is 6.46. The monoisotopic (exact) mass is 440 g/mol. The highest BCUT2D eigenvalue weighted by atomic mass is 79.9. The molecule has 0 saturated heterocycles. The molecule has 26 heavy (non-hydrogen) atoms. The molecule has 142 valence electrons. The zero-order chi connectivity index (χ0) is 18.8. The molecule has 5 heteroatoms. The molecule has 0 radical (unpaired) electrons. The van der Waals surface area contributed by atoms with Crippen molar-refractivity contribution in [2.75, 3.05) is 27.1 Å². The highest BCUT2D eigenvalue weighted by Crippen LogP contribution is 2.33. The third-order valence-electron chi connectivity index (χ3n) is 4.01. The minimum absolute atomic E-state index is 0.337. The van der Waals surface area contributed by atoms with Gasteiger partial charge in [0.1, 0.15) is 12.5 Å². The van der Waals surface area contributed by atoms with Crippen LogP contribution in [0.3, 0.4) is 0 Å². The van der Waals surface area contributed by atoms with E-state index in [0.717, 1.165) is 46.5 Å². The first kappa shape index (κ1) is 21.2. The van der Waals surface area contributed by atoms with Gasteiger partial charge in [0.15, 0.2) is 0 Å². The van der Waals surface area contributed by atoms with Gasteiger partial charge in [0, 0.05) is 18.2 Å². The highest BCUT2D eigenvalue weighted by Gasteiger charge is 2.09. The number of halogens is 2. The van der Waals surface area contributed by atoms with Crippen molar-refractivity contribution in [3.63, 3.8) is 0 Å². The van der Waals surface area contributed by atoms with Crippen LogP contribution < -0.4 is 4.74 Å². The van der Waals surface area contributed by atoms with E-state index in [1.807, 2.05) is 6.07 Å². The molecule has 0 atom stereocenters. The van der Waals surface area contributed by atoms with Gasteiger partial charge in [0.05, 0.1) is 17.7 Å². The fraction of sp³-hybridized carbons (Fsp3) is 0.429. The number of benzene rings is 2. The lowest BCUT2D eigenvalue weighted by atomic mass is 10.0. The molecular formula is C21H26BrClO3. The van der Waals surface area contributed by atoms with Crippen molar-refractivity contribution in [3.8, 4) is 5.75 Å². The third kappa shape index (κ3) is 6.92. The van der Waals surface area contributed by atoms with Gasteiger partial charge >= 0.3 is 0 Å². The average molecular weight is 442 g/mol. The largest absolute Gasteiger partial charge is 0.492 e. The summed E-state index contributed by atoms with van der Waals surface area (Å²) >= 11 is 10.1. The summed E-state index contributed by atoms with van der Waals surface area (Å²) in [5.41, 5.74) is 3.55. The van der Waals surface area contributed by atoms with Gasteiger partial charge in [0.25, 0.3) is 0 Å². The first-order valence-electron chi connectivity index (χ1n) is 8.89. The fourth-order valence-corrected chi connectivity index (χ4v) is 3.24. The molecule has 2 aromatic rings. The van der Waals surface area contributed by atoms with E-state index in [-0.39, 0.29) is 0 Å². The van der Waals surface area contributed by atoms with E-state index in [9.17, 15) is 0 Å². The quantitative estimate of drug-likeness (QED) is 0.314. The van der Waals surface area contributed by atoms with Crippen molar-refractivity contribution < 1.29 is 14.2 Å². The second-order valence-corrected chi connectivity index (χ2v) is 7.40. The molecule has 0 fully saturated rings. The Kier molecular flexibility index (Phi) is 9.48. The number of ether oxygens (including phenoxy) is 3. The van der Waals surface area contributed by atoms with Gasteiger partial charge in [-0.3, -0.25) is 0 Å². The van der Waals surface area contributed by atoms with Gasteiger partial charge in [-0.1, -0.05) is 49.2 Å². The van der Waals surface area contributed by atoms with E-state index in [1.54, 1.807) is 7.11 Å². The van der Waals surface area contributed by atoms with Crippen molar-refractivity contribution in [1.29, 1.82) is 0 Å². The summed E-state index contributed by atoms with van der Waals surface area (Å²) in [5, 5.41) is 0.733. The summed E-state index contributed by atoms with van der Waals surface area (Å²) in [7, 11) is 1.63. The molecule has 0 bridgehead atoms. The number of unbranched alkanes of at least 4 members (excludes halogenated alkanes) is 1. The third-order valence-corrected chi connectivity index (χ3v) is 4.98. The lowest BCUT2D eigenvalue weighted by Crippen LogP contribution is -2.01. The molecule has 0 heterocycles. The van der Waals surface area contributed by atoms with Crippen LogP contribution in [0.25, 0.3) is 0 Å². The Morgan fingerprint density at radius 2 is 1.77 bits per heavy atom. The smallest absolute Gasteiger partial charge is 0.146 e. The van der Waals surface area contributed by atoms with E-state index in [2.05, 4.69) is 53.2 Å². The maximum Gasteiger partial charge on any atom is 0.146 e. The van der Waals surface area contributed by atoms with Crippen LogP contribution in [0, 0.1) is 0 Å². The van der Waals surface area contributed by atoms with E-state index in [4.69, 9.17) is 25.8 Å². The molecule has 2 rings (SSSR count). The van der Waals surface area contributed by atoms with Crippen molar-refractivity contribution in [2.45, 2.75) is 32.6 Å². The molecule has 0 N–H and O–H groups in total. The minimum atomic E-state index is 0.337. The first-order chi connectivity index (χ1) is 12.6. The zero-order valence-corrected chi connectivity index (χ0v) is 17.7. The molecule has 0 unspecified atom stereocenters. The van der Waals surface area contributed by atoms with E-state index in [1.165, 1.54) is 11.1 Å². The van der Waals surface area contributed by atoms with Crippen molar-refractivity contribution in [1.82, 2.24) is 0 Å². The van der Waals surface area contributed by atoms with Crippen LogP contribution in [-0.4, -0.2) is 27.1 Å². The van der Waals surface area contributed by atoms with Crippen LogP contribution in [-0.2, 0) is 22.3 Å². The van der Waals surface area contributed by atoms with Gasteiger partial charge in [-0.2, -0.15) is 0 Å². The SMILES string of the molecule is CCCCOc1cc(Cl)c(Cc2ccc(CCOCOC)cc2)cc1Br. The van der Waals surface area contributed by atoms with Gasteiger partial charge in [0.2, 0.25) is 0 Å².